The van der Waals surface area contributed by atoms with E-state index in [9.17, 15) is 24.5 Å². The number of rotatable bonds is 8. The Labute approximate surface area is 164 Å². The second-order valence-electron chi connectivity index (χ2n) is 6.29. The molecule has 1 unspecified atom stereocenters. The lowest BCUT2D eigenvalue weighted by Crippen LogP contribution is -2.49. The van der Waals surface area contributed by atoms with Crippen molar-refractivity contribution < 1.29 is 28.8 Å². The van der Waals surface area contributed by atoms with Gasteiger partial charge in [0.1, 0.15) is 18.9 Å². The minimum atomic E-state index is -0.608. The number of benzene rings is 1. The van der Waals surface area contributed by atoms with Crippen LogP contribution in [0.1, 0.15) is 25.3 Å². The van der Waals surface area contributed by atoms with Gasteiger partial charge in [0, 0.05) is 42.6 Å². The maximum atomic E-state index is 12.6. The molecule has 0 spiro atoms. The number of nitrogens with zero attached hydrogens (tertiary/aromatic N) is 2. The average molecular weight is 406 g/mol. The molecule has 0 bridgehead atoms. The minimum Gasteiger partial charge on any atom is -0.465 e. The normalized spacial score (nSPS) is 17.8. The van der Waals surface area contributed by atoms with Gasteiger partial charge in [-0.25, -0.2) is 4.79 Å². The number of ether oxygens (including phenoxy) is 2. The van der Waals surface area contributed by atoms with Crippen LogP contribution < -0.4 is 0 Å². The molecular formula is C18H18N2O7S. The SMILES string of the molecule is CC(=O)OCCSC1=C(C(=O)OCc2ccc([N+](=O)[O-])cc2)N2C(=O)CC2C1. The van der Waals surface area contributed by atoms with Crippen LogP contribution in [0.5, 0.6) is 0 Å². The zero-order chi connectivity index (χ0) is 20.3. The van der Waals surface area contributed by atoms with Gasteiger partial charge in [-0.05, 0) is 17.7 Å². The van der Waals surface area contributed by atoms with Crippen LogP contribution in [0.25, 0.3) is 0 Å². The van der Waals surface area contributed by atoms with Crippen LogP contribution in [0, 0.1) is 10.1 Å². The Morgan fingerprint density at radius 1 is 1.25 bits per heavy atom. The maximum absolute atomic E-state index is 12.6. The predicted molar refractivity (Wildman–Crippen MR) is 98.9 cm³/mol. The fourth-order valence-corrected chi connectivity index (χ4v) is 4.06. The Balaban J connectivity index is 1.63. The minimum absolute atomic E-state index is 0.0225. The van der Waals surface area contributed by atoms with Gasteiger partial charge in [0.05, 0.1) is 11.0 Å². The molecule has 2 aliphatic heterocycles. The van der Waals surface area contributed by atoms with Gasteiger partial charge in [0.2, 0.25) is 5.91 Å². The third-order valence-electron chi connectivity index (χ3n) is 4.35. The number of non-ortho nitro benzene ring substituents is 1. The van der Waals surface area contributed by atoms with E-state index in [1.165, 1.54) is 47.9 Å². The molecule has 1 fully saturated rings. The molecule has 0 saturated carbocycles. The summed E-state index contributed by atoms with van der Waals surface area (Å²) in [6.07, 6.45) is 0.978. The number of esters is 2. The number of fused-ring (bicyclic) bond motifs is 1. The summed E-state index contributed by atoms with van der Waals surface area (Å²) in [6, 6.07) is 5.68. The second-order valence-corrected chi connectivity index (χ2v) is 7.48. The number of hydrogen-bond acceptors (Lipinski definition) is 8. The highest BCUT2D eigenvalue weighted by atomic mass is 32.2. The summed E-state index contributed by atoms with van der Waals surface area (Å²) in [5.74, 6) is -0.627. The second kappa shape index (κ2) is 8.42. The number of nitro groups is 1. The molecule has 28 heavy (non-hydrogen) atoms. The van der Waals surface area contributed by atoms with E-state index in [-0.39, 0.29) is 42.5 Å². The standard InChI is InChI=1S/C18H18N2O7S/c1-11(21)26-6-7-28-15-8-14-9-16(22)19(14)17(15)18(23)27-10-12-2-4-13(5-3-12)20(24)25/h2-5,14H,6-10H2,1H3. The van der Waals surface area contributed by atoms with Gasteiger partial charge in [-0.2, -0.15) is 0 Å². The predicted octanol–water partition coefficient (Wildman–Crippen LogP) is 2.15. The van der Waals surface area contributed by atoms with Gasteiger partial charge in [0.15, 0.2) is 0 Å². The number of carbonyl (C=O) groups is 3. The monoisotopic (exact) mass is 406 g/mol. The zero-order valence-electron chi connectivity index (χ0n) is 15.1. The van der Waals surface area contributed by atoms with Gasteiger partial charge in [-0.1, -0.05) is 0 Å². The summed E-state index contributed by atoms with van der Waals surface area (Å²) in [5.41, 5.74) is 0.804. The molecule has 2 aliphatic rings. The van der Waals surface area contributed by atoms with Crippen molar-refractivity contribution in [1.29, 1.82) is 0 Å². The number of amides is 1. The Morgan fingerprint density at radius 3 is 2.57 bits per heavy atom. The third kappa shape index (κ3) is 4.33. The van der Waals surface area contributed by atoms with E-state index in [4.69, 9.17) is 9.47 Å². The van der Waals surface area contributed by atoms with Crippen LogP contribution in [-0.2, 0) is 30.5 Å². The smallest absolute Gasteiger partial charge is 0.356 e. The van der Waals surface area contributed by atoms with E-state index in [2.05, 4.69) is 0 Å². The molecule has 0 aliphatic carbocycles. The van der Waals surface area contributed by atoms with Gasteiger partial charge < -0.3 is 14.4 Å². The zero-order valence-corrected chi connectivity index (χ0v) is 15.9. The fourth-order valence-electron chi connectivity index (χ4n) is 3.02. The van der Waals surface area contributed by atoms with Crippen molar-refractivity contribution in [1.82, 2.24) is 4.90 Å². The van der Waals surface area contributed by atoms with Gasteiger partial charge in [0.25, 0.3) is 5.69 Å². The molecule has 0 aromatic heterocycles. The molecule has 0 N–H and O–H groups in total. The van der Waals surface area contributed by atoms with Gasteiger partial charge in [-0.3, -0.25) is 19.7 Å². The van der Waals surface area contributed by atoms with Gasteiger partial charge in [-0.15, -0.1) is 11.8 Å². The summed E-state index contributed by atoms with van der Waals surface area (Å²) in [4.78, 5) is 47.7. The summed E-state index contributed by atoms with van der Waals surface area (Å²) >= 11 is 1.37. The van der Waals surface area contributed by atoms with Crippen LogP contribution in [0.2, 0.25) is 0 Å². The van der Waals surface area contributed by atoms with E-state index in [1.54, 1.807) is 0 Å². The highest BCUT2D eigenvalue weighted by Crippen LogP contribution is 2.43. The van der Waals surface area contributed by atoms with Crippen molar-refractivity contribution in [2.24, 2.45) is 0 Å². The van der Waals surface area contributed by atoms with E-state index in [1.807, 2.05) is 0 Å². The molecule has 0 radical (unpaired) electrons. The fraction of sp³-hybridized carbons (Fsp3) is 0.389. The number of thioether (sulfide) groups is 1. The average Bonchev–Trinajstić information content (AvgIpc) is 2.95. The molecule has 1 amide bonds. The highest BCUT2D eigenvalue weighted by Gasteiger charge is 2.48. The first-order valence-corrected chi connectivity index (χ1v) is 9.57. The summed E-state index contributed by atoms with van der Waals surface area (Å²) in [7, 11) is 0. The summed E-state index contributed by atoms with van der Waals surface area (Å²) in [6.45, 7) is 1.48. The quantitative estimate of drug-likeness (QED) is 0.212. The van der Waals surface area contributed by atoms with Crippen LogP contribution in [-0.4, -0.2) is 46.1 Å². The topological polar surface area (TPSA) is 116 Å². The Kier molecular flexibility index (Phi) is 5.98. The number of β-lactam (4-membered cyclic amide) rings is 1. The third-order valence-corrected chi connectivity index (χ3v) is 5.42. The van der Waals surface area contributed by atoms with E-state index < -0.39 is 10.9 Å². The molecule has 1 atom stereocenters. The lowest BCUT2D eigenvalue weighted by molar-refractivity contribution is -0.384. The van der Waals surface area contributed by atoms with Crippen molar-refractivity contribution in [3.05, 3.63) is 50.5 Å². The van der Waals surface area contributed by atoms with E-state index in [0.29, 0.717) is 24.2 Å². The van der Waals surface area contributed by atoms with Crippen molar-refractivity contribution >= 4 is 35.3 Å². The molecule has 10 heteroatoms. The molecule has 148 valence electrons. The number of hydrogen-bond donors (Lipinski definition) is 0. The molecule has 1 saturated heterocycles. The van der Waals surface area contributed by atoms with Crippen molar-refractivity contribution in [2.45, 2.75) is 32.4 Å². The highest BCUT2D eigenvalue weighted by molar-refractivity contribution is 8.03. The number of nitro benzene ring substituents is 1. The molecular weight excluding hydrogens is 388 g/mol. The summed E-state index contributed by atoms with van der Waals surface area (Å²) < 4.78 is 10.2. The van der Waals surface area contributed by atoms with Crippen LogP contribution in [0.4, 0.5) is 5.69 Å². The first kappa shape index (κ1) is 19.9. The molecule has 3 rings (SSSR count). The first-order chi connectivity index (χ1) is 13.4. The van der Waals surface area contributed by atoms with E-state index >= 15 is 0 Å². The van der Waals surface area contributed by atoms with Crippen molar-refractivity contribution in [3.63, 3.8) is 0 Å². The van der Waals surface area contributed by atoms with Crippen molar-refractivity contribution in [3.8, 4) is 0 Å². The van der Waals surface area contributed by atoms with Crippen LogP contribution in [0.15, 0.2) is 34.9 Å². The Hall–Kier alpha value is -2.88. The lowest BCUT2D eigenvalue weighted by Gasteiger charge is -2.35. The molecule has 1 aromatic rings. The Morgan fingerprint density at radius 2 is 1.96 bits per heavy atom. The van der Waals surface area contributed by atoms with Crippen molar-refractivity contribution in [2.75, 3.05) is 12.4 Å². The molecule has 9 nitrogen and oxygen atoms in total. The molecule has 2 heterocycles. The summed E-state index contributed by atoms with van der Waals surface area (Å²) in [5, 5.41) is 10.7. The maximum Gasteiger partial charge on any atom is 0.356 e. The van der Waals surface area contributed by atoms with Crippen LogP contribution >= 0.6 is 11.8 Å². The first-order valence-electron chi connectivity index (χ1n) is 8.58. The lowest BCUT2D eigenvalue weighted by atomic mass is 10.0. The molecule has 1 aromatic carbocycles. The largest absolute Gasteiger partial charge is 0.465 e. The number of carbonyl (C=O) groups excluding carboxylic acids is 3. The van der Waals surface area contributed by atoms with E-state index in [0.717, 1.165) is 4.91 Å². The van der Waals surface area contributed by atoms with Crippen LogP contribution in [0.3, 0.4) is 0 Å². The Bertz CT molecular complexity index is 850. The van der Waals surface area contributed by atoms with Gasteiger partial charge >= 0.3 is 11.9 Å².